The first-order chi connectivity index (χ1) is 27.2. The number of carbonyl (C=O) groups excluding carboxylic acids is 3. The van der Waals surface area contributed by atoms with Crippen molar-refractivity contribution in [2.24, 2.45) is 11.8 Å². The van der Waals surface area contributed by atoms with Gasteiger partial charge in [0.1, 0.15) is 13.2 Å². The molecule has 0 N–H and O–H groups in total. The monoisotopic (exact) mass is 793 g/mol. The molecular weight excluding hydrogens is 697 g/mol. The van der Waals surface area contributed by atoms with E-state index in [1.165, 1.54) is 154 Å². The minimum atomic E-state index is -0.759. The number of hydrogen-bond donors (Lipinski definition) is 0. The fourth-order valence-electron chi connectivity index (χ4n) is 7.46. The predicted molar refractivity (Wildman–Crippen MR) is 238 cm³/mol. The second kappa shape index (κ2) is 43.0. The third kappa shape index (κ3) is 43.5. The summed E-state index contributed by atoms with van der Waals surface area (Å²) in [5, 5.41) is 0. The van der Waals surface area contributed by atoms with Gasteiger partial charge in [-0.1, -0.05) is 234 Å². The van der Waals surface area contributed by atoms with E-state index in [-0.39, 0.29) is 31.1 Å². The molecule has 0 aliphatic rings. The van der Waals surface area contributed by atoms with Crippen LogP contribution in [-0.4, -0.2) is 37.2 Å². The zero-order chi connectivity index (χ0) is 41.2. The van der Waals surface area contributed by atoms with Crippen LogP contribution in [0, 0.1) is 11.8 Å². The van der Waals surface area contributed by atoms with E-state index in [0.29, 0.717) is 19.3 Å². The van der Waals surface area contributed by atoms with Gasteiger partial charge in [-0.3, -0.25) is 14.4 Å². The molecule has 0 amide bonds. The van der Waals surface area contributed by atoms with E-state index in [1.54, 1.807) is 0 Å². The molecule has 0 saturated heterocycles. The minimum absolute atomic E-state index is 0.0649. The second-order valence-corrected chi connectivity index (χ2v) is 18.1. The molecule has 6 nitrogen and oxygen atoms in total. The summed E-state index contributed by atoms with van der Waals surface area (Å²) in [6.07, 6.45) is 42.6. The molecule has 0 aliphatic heterocycles. The summed E-state index contributed by atoms with van der Waals surface area (Å²) in [6, 6.07) is 0. The molecule has 0 radical (unpaired) electrons. The van der Waals surface area contributed by atoms with Crippen molar-refractivity contribution in [3.05, 3.63) is 0 Å². The zero-order valence-electron chi connectivity index (χ0n) is 38.3. The molecule has 0 bridgehead atoms. The number of unbranched alkanes of at least 4 members (excludes halogenated alkanes) is 29. The van der Waals surface area contributed by atoms with Gasteiger partial charge in [-0.2, -0.15) is 0 Å². The van der Waals surface area contributed by atoms with Crippen LogP contribution in [0.3, 0.4) is 0 Å². The molecular formula is C50H96O6. The largest absolute Gasteiger partial charge is 0.462 e. The summed E-state index contributed by atoms with van der Waals surface area (Å²) in [5.41, 5.74) is 0. The Morgan fingerprint density at radius 1 is 0.339 bits per heavy atom. The van der Waals surface area contributed by atoms with Crippen LogP contribution < -0.4 is 0 Å². The Balaban J connectivity index is 4.13. The molecule has 0 saturated carbocycles. The molecule has 0 spiro atoms. The van der Waals surface area contributed by atoms with E-state index in [9.17, 15) is 14.4 Å². The molecule has 0 rings (SSSR count). The highest BCUT2D eigenvalue weighted by Gasteiger charge is 2.19. The van der Waals surface area contributed by atoms with Crippen LogP contribution in [-0.2, 0) is 28.6 Å². The van der Waals surface area contributed by atoms with Crippen molar-refractivity contribution in [2.45, 2.75) is 278 Å². The Labute approximate surface area is 348 Å². The molecule has 56 heavy (non-hydrogen) atoms. The summed E-state index contributed by atoms with van der Waals surface area (Å²) in [5.74, 6) is 0.819. The van der Waals surface area contributed by atoms with Gasteiger partial charge in [-0.05, 0) is 31.1 Å². The van der Waals surface area contributed by atoms with Gasteiger partial charge in [-0.15, -0.1) is 0 Å². The van der Waals surface area contributed by atoms with Crippen molar-refractivity contribution in [3.63, 3.8) is 0 Å². The first kappa shape index (κ1) is 54.4. The average Bonchev–Trinajstić information content (AvgIpc) is 3.16. The summed E-state index contributed by atoms with van der Waals surface area (Å²) >= 11 is 0. The summed E-state index contributed by atoms with van der Waals surface area (Å²) in [7, 11) is 0. The van der Waals surface area contributed by atoms with E-state index in [0.717, 1.165) is 76.0 Å². The van der Waals surface area contributed by atoms with Gasteiger partial charge in [0, 0.05) is 19.3 Å². The summed E-state index contributed by atoms with van der Waals surface area (Å²) in [4.78, 5) is 37.6. The van der Waals surface area contributed by atoms with Crippen molar-refractivity contribution < 1.29 is 28.6 Å². The SMILES string of the molecule is CCCCCCCC(=O)OC[C@@H](COC(=O)CCCCCCCCCCCCCCCC(C)C)OC(=O)CCCCCCCCCCCCCCCCC(C)C. The lowest BCUT2D eigenvalue weighted by molar-refractivity contribution is -0.167. The first-order valence-corrected chi connectivity index (χ1v) is 24.7. The molecule has 0 fully saturated rings. The zero-order valence-corrected chi connectivity index (χ0v) is 38.3. The Bertz CT molecular complexity index is 854. The lowest BCUT2D eigenvalue weighted by atomic mass is 10.0. The Kier molecular flexibility index (Phi) is 41.8. The van der Waals surface area contributed by atoms with Crippen molar-refractivity contribution in [1.29, 1.82) is 0 Å². The molecule has 0 aromatic carbocycles. The van der Waals surface area contributed by atoms with Gasteiger partial charge >= 0.3 is 17.9 Å². The Morgan fingerprint density at radius 2 is 0.589 bits per heavy atom. The van der Waals surface area contributed by atoms with Crippen LogP contribution in [0.15, 0.2) is 0 Å². The van der Waals surface area contributed by atoms with Crippen molar-refractivity contribution in [2.75, 3.05) is 13.2 Å². The maximum Gasteiger partial charge on any atom is 0.306 e. The number of rotatable bonds is 44. The fraction of sp³-hybridized carbons (Fsp3) is 0.940. The van der Waals surface area contributed by atoms with E-state index in [1.807, 2.05) is 0 Å². The predicted octanol–water partition coefficient (Wildman–Crippen LogP) is 15.8. The van der Waals surface area contributed by atoms with Crippen molar-refractivity contribution in [1.82, 2.24) is 0 Å². The second-order valence-electron chi connectivity index (χ2n) is 18.1. The highest BCUT2D eigenvalue weighted by atomic mass is 16.6. The smallest absolute Gasteiger partial charge is 0.306 e. The van der Waals surface area contributed by atoms with Gasteiger partial charge in [0.15, 0.2) is 6.10 Å². The lowest BCUT2D eigenvalue weighted by Gasteiger charge is -2.18. The number of esters is 3. The molecule has 0 aromatic rings. The normalized spacial score (nSPS) is 12.1. The standard InChI is InChI=1S/C50H96O6/c1-6-7-8-28-35-40-48(51)54-43-47(44-55-49(52)41-36-31-26-22-18-15-11-13-17-21-25-30-34-39-46(4)5)56-50(53)42-37-32-27-23-19-14-10-9-12-16-20-24-29-33-38-45(2)3/h45-47H,6-44H2,1-5H3/t47-/m0/s1. The highest BCUT2D eigenvalue weighted by molar-refractivity contribution is 5.71. The lowest BCUT2D eigenvalue weighted by Crippen LogP contribution is -2.30. The fourth-order valence-corrected chi connectivity index (χ4v) is 7.46. The number of hydrogen-bond acceptors (Lipinski definition) is 6. The Morgan fingerprint density at radius 3 is 0.875 bits per heavy atom. The minimum Gasteiger partial charge on any atom is -0.462 e. The number of carbonyl (C=O) groups is 3. The molecule has 0 aliphatic carbocycles. The van der Waals surface area contributed by atoms with E-state index >= 15 is 0 Å². The molecule has 332 valence electrons. The summed E-state index contributed by atoms with van der Waals surface area (Å²) < 4.78 is 16.7. The van der Waals surface area contributed by atoms with Crippen LogP contribution in [0.4, 0.5) is 0 Å². The molecule has 1 atom stereocenters. The van der Waals surface area contributed by atoms with Gasteiger partial charge in [-0.25, -0.2) is 0 Å². The number of ether oxygens (including phenoxy) is 3. The van der Waals surface area contributed by atoms with E-state index in [2.05, 4.69) is 34.6 Å². The van der Waals surface area contributed by atoms with Crippen LogP contribution in [0.1, 0.15) is 272 Å². The molecule has 0 heterocycles. The third-order valence-electron chi connectivity index (χ3n) is 11.2. The maximum absolute atomic E-state index is 12.7. The first-order valence-electron chi connectivity index (χ1n) is 24.7. The Hall–Kier alpha value is -1.59. The van der Waals surface area contributed by atoms with E-state index in [4.69, 9.17) is 14.2 Å². The van der Waals surface area contributed by atoms with Crippen LogP contribution in [0.5, 0.6) is 0 Å². The topological polar surface area (TPSA) is 78.9 Å². The molecule has 6 heteroatoms. The van der Waals surface area contributed by atoms with Crippen LogP contribution >= 0.6 is 0 Å². The summed E-state index contributed by atoms with van der Waals surface area (Å²) in [6.45, 7) is 11.3. The maximum atomic E-state index is 12.7. The van der Waals surface area contributed by atoms with Gasteiger partial charge in [0.25, 0.3) is 0 Å². The van der Waals surface area contributed by atoms with Crippen LogP contribution in [0.2, 0.25) is 0 Å². The van der Waals surface area contributed by atoms with Gasteiger partial charge < -0.3 is 14.2 Å². The van der Waals surface area contributed by atoms with Crippen molar-refractivity contribution >= 4 is 17.9 Å². The van der Waals surface area contributed by atoms with E-state index < -0.39 is 6.10 Å². The molecule has 0 unspecified atom stereocenters. The quantitative estimate of drug-likeness (QED) is 0.0347. The highest BCUT2D eigenvalue weighted by Crippen LogP contribution is 2.17. The van der Waals surface area contributed by atoms with Crippen LogP contribution in [0.25, 0.3) is 0 Å². The van der Waals surface area contributed by atoms with Gasteiger partial charge in [0.2, 0.25) is 0 Å². The average molecular weight is 793 g/mol. The third-order valence-corrected chi connectivity index (χ3v) is 11.2. The molecule has 0 aromatic heterocycles. The van der Waals surface area contributed by atoms with Gasteiger partial charge in [0.05, 0.1) is 0 Å². The van der Waals surface area contributed by atoms with Crippen molar-refractivity contribution in [3.8, 4) is 0 Å².